The first kappa shape index (κ1) is 21.7. The Bertz CT molecular complexity index is 687. The molecule has 1 fully saturated rings. The summed E-state index contributed by atoms with van der Waals surface area (Å²) < 4.78 is 0. The number of nitrogens with zero attached hydrogens (tertiary/aromatic N) is 3. The van der Waals surface area contributed by atoms with Crippen molar-refractivity contribution in [3.05, 3.63) is 45.9 Å². The number of benzene rings is 1. The second kappa shape index (κ2) is 9.97. The Morgan fingerprint density at radius 3 is 2.56 bits per heavy atom. The molecule has 0 aliphatic carbocycles. The van der Waals surface area contributed by atoms with Crippen molar-refractivity contribution in [1.82, 2.24) is 14.8 Å². The molecule has 0 bridgehead atoms. The number of thiazole rings is 1. The molecular formula is C17H24Cl2N4OS. The Morgan fingerprint density at radius 2 is 1.96 bits per heavy atom. The minimum atomic E-state index is 0. The summed E-state index contributed by atoms with van der Waals surface area (Å²) >= 11 is 1.73. The third kappa shape index (κ3) is 5.57. The van der Waals surface area contributed by atoms with Crippen LogP contribution in [0.2, 0.25) is 0 Å². The molecule has 138 valence electrons. The number of hydrogen-bond donors (Lipinski definition) is 1. The van der Waals surface area contributed by atoms with Crippen LogP contribution >= 0.6 is 36.2 Å². The number of rotatable bonds is 4. The standard InChI is InChI=1S/C17H22N4OS.2ClH/c1-2-16-19-15(12-23-16)11-20-6-8-21(9-7-20)17(22)13-4-3-5-14(18)10-13;;/h3-5,10,12H,2,6-9,11,18H2,1H3;2*1H. The number of anilines is 1. The second-order valence-corrected chi connectivity index (χ2v) is 6.72. The highest BCUT2D eigenvalue weighted by Gasteiger charge is 2.22. The van der Waals surface area contributed by atoms with Crippen LogP contribution in [0.15, 0.2) is 29.6 Å². The maximum absolute atomic E-state index is 12.5. The summed E-state index contributed by atoms with van der Waals surface area (Å²) in [4.78, 5) is 21.4. The summed E-state index contributed by atoms with van der Waals surface area (Å²) in [6.45, 7) is 6.26. The number of amides is 1. The Balaban J connectivity index is 0.00000156. The first-order chi connectivity index (χ1) is 11.2. The van der Waals surface area contributed by atoms with Gasteiger partial charge in [0.2, 0.25) is 0 Å². The van der Waals surface area contributed by atoms with Gasteiger partial charge in [0.25, 0.3) is 5.91 Å². The molecule has 1 saturated heterocycles. The van der Waals surface area contributed by atoms with Crippen LogP contribution in [0.5, 0.6) is 0 Å². The van der Waals surface area contributed by atoms with Crippen molar-refractivity contribution in [3.8, 4) is 0 Å². The van der Waals surface area contributed by atoms with Crippen LogP contribution in [0, 0.1) is 0 Å². The molecule has 0 spiro atoms. The minimum Gasteiger partial charge on any atom is -0.399 e. The largest absolute Gasteiger partial charge is 0.399 e. The van der Waals surface area contributed by atoms with E-state index in [2.05, 4.69) is 22.2 Å². The topological polar surface area (TPSA) is 62.5 Å². The number of nitrogens with two attached hydrogens (primary N) is 1. The maximum atomic E-state index is 12.5. The number of aryl methyl sites for hydroxylation is 1. The molecule has 0 atom stereocenters. The van der Waals surface area contributed by atoms with Gasteiger partial charge in [0.05, 0.1) is 10.7 Å². The number of nitrogen functional groups attached to an aromatic ring is 1. The lowest BCUT2D eigenvalue weighted by atomic mass is 10.1. The van der Waals surface area contributed by atoms with E-state index in [4.69, 9.17) is 5.73 Å². The molecule has 0 saturated carbocycles. The number of carbonyl (C=O) groups is 1. The van der Waals surface area contributed by atoms with Gasteiger partial charge in [-0.1, -0.05) is 13.0 Å². The van der Waals surface area contributed by atoms with Crippen molar-refractivity contribution in [2.75, 3.05) is 31.9 Å². The monoisotopic (exact) mass is 402 g/mol. The SMILES string of the molecule is CCc1nc(CN2CCN(C(=O)c3cccc(N)c3)CC2)cs1.Cl.Cl. The highest BCUT2D eigenvalue weighted by Crippen LogP contribution is 2.15. The fourth-order valence-electron chi connectivity index (χ4n) is 2.78. The van der Waals surface area contributed by atoms with E-state index in [-0.39, 0.29) is 30.7 Å². The van der Waals surface area contributed by atoms with Crippen molar-refractivity contribution in [2.45, 2.75) is 19.9 Å². The Labute approximate surface area is 165 Å². The van der Waals surface area contributed by atoms with Crippen LogP contribution in [0.25, 0.3) is 0 Å². The molecule has 1 aliphatic heterocycles. The first-order valence-corrected chi connectivity index (χ1v) is 8.84. The normalized spacial score (nSPS) is 14.5. The van der Waals surface area contributed by atoms with E-state index in [0.29, 0.717) is 11.3 Å². The summed E-state index contributed by atoms with van der Waals surface area (Å²) in [5, 5.41) is 3.33. The molecule has 1 aromatic carbocycles. The van der Waals surface area contributed by atoms with Gasteiger partial charge >= 0.3 is 0 Å². The second-order valence-electron chi connectivity index (χ2n) is 5.78. The van der Waals surface area contributed by atoms with Gasteiger partial charge in [0.15, 0.2) is 0 Å². The van der Waals surface area contributed by atoms with E-state index in [1.807, 2.05) is 17.0 Å². The molecule has 25 heavy (non-hydrogen) atoms. The average Bonchev–Trinajstić information content (AvgIpc) is 3.02. The number of hydrogen-bond acceptors (Lipinski definition) is 5. The van der Waals surface area contributed by atoms with E-state index in [1.165, 1.54) is 5.01 Å². The van der Waals surface area contributed by atoms with Crippen molar-refractivity contribution in [1.29, 1.82) is 0 Å². The molecule has 2 heterocycles. The fraction of sp³-hybridized carbons (Fsp3) is 0.412. The lowest BCUT2D eigenvalue weighted by Crippen LogP contribution is -2.48. The molecule has 0 radical (unpaired) electrons. The Hall–Kier alpha value is -1.34. The van der Waals surface area contributed by atoms with Crippen LogP contribution < -0.4 is 5.73 Å². The third-order valence-corrected chi connectivity index (χ3v) is 5.12. The molecule has 0 unspecified atom stereocenters. The zero-order valence-electron chi connectivity index (χ0n) is 14.2. The summed E-state index contributed by atoms with van der Waals surface area (Å²) in [5.41, 5.74) is 8.20. The summed E-state index contributed by atoms with van der Waals surface area (Å²) in [5.74, 6) is 0.0684. The van der Waals surface area contributed by atoms with Gasteiger partial charge < -0.3 is 10.6 Å². The van der Waals surface area contributed by atoms with Gasteiger partial charge in [-0.2, -0.15) is 0 Å². The maximum Gasteiger partial charge on any atom is 0.254 e. The molecule has 2 N–H and O–H groups in total. The lowest BCUT2D eigenvalue weighted by Gasteiger charge is -2.34. The van der Waals surface area contributed by atoms with Crippen LogP contribution in [0.3, 0.4) is 0 Å². The molecule has 3 rings (SSSR count). The van der Waals surface area contributed by atoms with Crippen LogP contribution in [0.1, 0.15) is 28.0 Å². The number of carbonyl (C=O) groups excluding carboxylic acids is 1. The van der Waals surface area contributed by atoms with Crippen LogP contribution in [0.4, 0.5) is 5.69 Å². The van der Waals surface area contributed by atoms with Gasteiger partial charge in [-0.25, -0.2) is 4.98 Å². The van der Waals surface area contributed by atoms with Crippen molar-refractivity contribution in [2.24, 2.45) is 0 Å². The zero-order valence-corrected chi connectivity index (χ0v) is 16.6. The third-order valence-electron chi connectivity index (χ3n) is 4.08. The summed E-state index contributed by atoms with van der Waals surface area (Å²) in [7, 11) is 0. The summed E-state index contributed by atoms with van der Waals surface area (Å²) in [6.07, 6.45) is 0.993. The molecule has 1 aliphatic rings. The quantitative estimate of drug-likeness (QED) is 0.797. The van der Waals surface area contributed by atoms with Gasteiger partial charge in [-0.15, -0.1) is 36.2 Å². The Kier molecular flexibility index (Phi) is 8.65. The highest BCUT2D eigenvalue weighted by atomic mass is 35.5. The fourth-order valence-corrected chi connectivity index (χ4v) is 3.51. The van der Waals surface area contributed by atoms with Gasteiger partial charge in [-0.05, 0) is 24.6 Å². The van der Waals surface area contributed by atoms with E-state index < -0.39 is 0 Å². The lowest BCUT2D eigenvalue weighted by molar-refractivity contribution is 0.0627. The minimum absolute atomic E-state index is 0. The molecule has 1 amide bonds. The van der Waals surface area contributed by atoms with Gasteiger partial charge in [-0.3, -0.25) is 9.69 Å². The van der Waals surface area contributed by atoms with E-state index in [9.17, 15) is 4.79 Å². The molecular weight excluding hydrogens is 379 g/mol. The van der Waals surface area contributed by atoms with E-state index in [1.54, 1.807) is 23.5 Å². The number of piperazine rings is 1. The van der Waals surface area contributed by atoms with Crippen molar-refractivity contribution < 1.29 is 4.79 Å². The van der Waals surface area contributed by atoms with Crippen LogP contribution in [-0.2, 0) is 13.0 Å². The summed E-state index contributed by atoms with van der Waals surface area (Å²) in [6, 6.07) is 7.20. The predicted octanol–water partition coefficient (Wildman–Crippen LogP) is 3.09. The molecule has 5 nitrogen and oxygen atoms in total. The Morgan fingerprint density at radius 1 is 1.24 bits per heavy atom. The predicted molar refractivity (Wildman–Crippen MR) is 108 cm³/mol. The average molecular weight is 403 g/mol. The van der Waals surface area contributed by atoms with Crippen molar-refractivity contribution in [3.63, 3.8) is 0 Å². The highest BCUT2D eigenvalue weighted by molar-refractivity contribution is 7.09. The molecule has 2 aromatic rings. The first-order valence-electron chi connectivity index (χ1n) is 7.96. The van der Waals surface area contributed by atoms with Crippen LogP contribution in [-0.4, -0.2) is 46.9 Å². The van der Waals surface area contributed by atoms with Crippen molar-refractivity contribution >= 4 is 47.7 Å². The van der Waals surface area contributed by atoms with Gasteiger partial charge in [0.1, 0.15) is 0 Å². The molecule has 8 heteroatoms. The number of halogens is 2. The number of aromatic nitrogens is 1. The zero-order chi connectivity index (χ0) is 16.2. The van der Waals surface area contributed by atoms with Gasteiger partial charge in [0, 0.05) is 49.4 Å². The van der Waals surface area contributed by atoms with E-state index >= 15 is 0 Å². The smallest absolute Gasteiger partial charge is 0.254 e. The molecule has 1 aromatic heterocycles. The van der Waals surface area contributed by atoms with E-state index in [0.717, 1.165) is 44.8 Å².